The molecule has 1 amide bonds. The summed E-state index contributed by atoms with van der Waals surface area (Å²) in [6.07, 6.45) is 0. The first-order valence-corrected chi connectivity index (χ1v) is 10.4. The average molecular weight is 468 g/mol. The van der Waals surface area contributed by atoms with Gasteiger partial charge in [0.05, 0.1) is 20.3 Å². The van der Waals surface area contributed by atoms with Crippen molar-refractivity contribution in [3.63, 3.8) is 0 Å². The van der Waals surface area contributed by atoms with E-state index in [9.17, 15) is 4.79 Å². The van der Waals surface area contributed by atoms with Crippen LogP contribution in [0.3, 0.4) is 0 Å². The van der Waals surface area contributed by atoms with Crippen LogP contribution in [0.15, 0.2) is 46.9 Å². The smallest absolute Gasteiger partial charge is 0.293 e. The fourth-order valence-corrected chi connectivity index (χ4v) is 4.52. The Balaban J connectivity index is 1.43. The summed E-state index contributed by atoms with van der Waals surface area (Å²) in [7, 11) is 0. The van der Waals surface area contributed by atoms with Gasteiger partial charge in [-0.15, -0.1) is 0 Å². The lowest BCUT2D eigenvalue weighted by molar-refractivity contribution is 0.0992. The van der Waals surface area contributed by atoms with E-state index in [2.05, 4.69) is 10.3 Å². The van der Waals surface area contributed by atoms with E-state index in [4.69, 9.17) is 44.0 Å². The number of rotatable bonds is 5. The van der Waals surface area contributed by atoms with Crippen LogP contribution in [0.2, 0.25) is 15.1 Å². The molecule has 0 aliphatic carbocycles. The lowest BCUT2D eigenvalue weighted by Gasteiger charge is -2.09. The van der Waals surface area contributed by atoms with Crippen molar-refractivity contribution in [1.82, 2.24) is 4.98 Å². The van der Waals surface area contributed by atoms with Crippen LogP contribution < -0.4 is 10.1 Å². The molecule has 2 aromatic carbocycles. The van der Waals surface area contributed by atoms with Gasteiger partial charge in [0.2, 0.25) is 0 Å². The third kappa shape index (κ3) is 4.51. The van der Waals surface area contributed by atoms with Crippen molar-refractivity contribution in [3.05, 3.63) is 74.6 Å². The molecule has 0 aliphatic rings. The van der Waals surface area contributed by atoms with Crippen molar-refractivity contribution in [2.75, 3.05) is 5.32 Å². The molecule has 0 atom stereocenters. The summed E-state index contributed by atoms with van der Waals surface area (Å²) in [6.45, 7) is 2.06. The number of aromatic nitrogens is 1. The molecule has 9 heteroatoms. The number of ether oxygens (including phenoxy) is 1. The minimum absolute atomic E-state index is 0.0504. The number of anilines is 1. The maximum Gasteiger partial charge on any atom is 0.293 e. The molecule has 0 bridgehead atoms. The number of amides is 1. The summed E-state index contributed by atoms with van der Waals surface area (Å²) >= 11 is 19.5. The minimum atomic E-state index is -0.394. The quantitative estimate of drug-likeness (QED) is 0.343. The highest BCUT2D eigenvalue weighted by atomic mass is 35.5. The van der Waals surface area contributed by atoms with Crippen molar-refractivity contribution in [3.8, 4) is 5.75 Å². The second-order valence-corrected chi connectivity index (χ2v) is 8.48. The van der Waals surface area contributed by atoms with E-state index in [1.54, 1.807) is 12.1 Å². The van der Waals surface area contributed by atoms with Gasteiger partial charge in [0, 0.05) is 5.02 Å². The fourth-order valence-electron chi connectivity index (χ4n) is 2.63. The first kappa shape index (κ1) is 20.0. The summed E-state index contributed by atoms with van der Waals surface area (Å²) in [5.41, 5.74) is 1.97. The van der Waals surface area contributed by atoms with Crippen LogP contribution in [0, 0.1) is 6.92 Å². The minimum Gasteiger partial charge on any atom is -0.483 e. The summed E-state index contributed by atoms with van der Waals surface area (Å²) in [5.74, 6) is 0.490. The SMILES string of the molecule is Cc1ccc2nc(NC(=O)c3ccc(COc4c(Cl)cc(Cl)cc4Cl)o3)sc2c1. The molecule has 5 nitrogen and oxygen atoms in total. The van der Waals surface area contributed by atoms with Crippen molar-refractivity contribution >= 4 is 67.4 Å². The van der Waals surface area contributed by atoms with Crippen molar-refractivity contribution in [2.24, 2.45) is 0 Å². The van der Waals surface area contributed by atoms with E-state index in [0.717, 1.165) is 15.8 Å². The Morgan fingerprint density at radius 3 is 2.66 bits per heavy atom. The average Bonchev–Trinajstić information content (AvgIpc) is 3.27. The van der Waals surface area contributed by atoms with Gasteiger partial charge in [-0.3, -0.25) is 10.1 Å². The highest BCUT2D eigenvalue weighted by Gasteiger charge is 2.15. The van der Waals surface area contributed by atoms with Crippen LogP contribution >= 0.6 is 46.1 Å². The third-order valence-corrected chi connectivity index (χ3v) is 5.68. The van der Waals surface area contributed by atoms with Gasteiger partial charge in [-0.25, -0.2) is 4.98 Å². The molecule has 0 fully saturated rings. The molecule has 0 saturated carbocycles. The van der Waals surface area contributed by atoms with Gasteiger partial charge in [-0.05, 0) is 48.9 Å². The highest BCUT2D eigenvalue weighted by Crippen LogP contribution is 2.36. The Bertz CT molecular complexity index is 1200. The van der Waals surface area contributed by atoms with E-state index in [-0.39, 0.29) is 22.4 Å². The molecule has 1 N–H and O–H groups in total. The van der Waals surface area contributed by atoms with Crippen LogP contribution in [-0.4, -0.2) is 10.9 Å². The molecular formula is C20H13Cl3N2O3S. The Labute approximate surface area is 185 Å². The molecule has 2 aromatic heterocycles. The lowest BCUT2D eigenvalue weighted by Crippen LogP contribution is -2.10. The molecule has 2 heterocycles. The lowest BCUT2D eigenvalue weighted by atomic mass is 10.2. The monoisotopic (exact) mass is 466 g/mol. The Morgan fingerprint density at radius 1 is 1.14 bits per heavy atom. The normalized spacial score (nSPS) is 11.0. The van der Waals surface area contributed by atoms with Gasteiger partial charge in [-0.2, -0.15) is 0 Å². The number of thiazole rings is 1. The maximum absolute atomic E-state index is 12.5. The molecule has 0 saturated heterocycles. The zero-order valence-corrected chi connectivity index (χ0v) is 18.0. The highest BCUT2D eigenvalue weighted by molar-refractivity contribution is 7.22. The van der Waals surface area contributed by atoms with Crippen LogP contribution in [0.1, 0.15) is 21.9 Å². The molecule has 0 radical (unpaired) electrons. The van der Waals surface area contributed by atoms with E-state index in [1.165, 1.54) is 23.5 Å². The number of furan rings is 1. The second kappa shape index (κ2) is 8.24. The van der Waals surface area contributed by atoms with E-state index in [0.29, 0.717) is 21.7 Å². The summed E-state index contributed by atoms with van der Waals surface area (Å²) in [4.78, 5) is 16.9. The molecule has 0 spiro atoms. The zero-order chi connectivity index (χ0) is 20.5. The van der Waals surface area contributed by atoms with Crippen molar-refractivity contribution < 1.29 is 13.9 Å². The van der Waals surface area contributed by atoms with Gasteiger partial charge in [0.15, 0.2) is 16.6 Å². The van der Waals surface area contributed by atoms with E-state index < -0.39 is 5.91 Å². The maximum atomic E-state index is 12.5. The van der Waals surface area contributed by atoms with Crippen LogP contribution in [0.4, 0.5) is 5.13 Å². The summed E-state index contributed by atoms with van der Waals surface area (Å²) in [5, 5.41) is 4.25. The van der Waals surface area contributed by atoms with Crippen molar-refractivity contribution in [1.29, 1.82) is 0 Å². The second-order valence-electron chi connectivity index (χ2n) is 6.20. The third-order valence-electron chi connectivity index (χ3n) is 3.97. The van der Waals surface area contributed by atoms with Gasteiger partial charge in [0.1, 0.15) is 12.4 Å². The number of nitrogens with zero attached hydrogens (tertiary/aromatic N) is 1. The number of hydrogen-bond donors (Lipinski definition) is 1. The predicted octanol–water partition coefficient (Wildman–Crippen LogP) is 6.99. The standard InChI is InChI=1S/C20H13Cl3N2O3S/c1-10-2-4-15-17(6-10)29-20(24-15)25-19(26)16-5-3-12(28-16)9-27-18-13(22)7-11(21)8-14(18)23/h2-8H,9H2,1H3,(H,24,25,26). The van der Waals surface area contributed by atoms with Crippen molar-refractivity contribution in [2.45, 2.75) is 13.5 Å². The first-order chi connectivity index (χ1) is 13.9. The van der Waals surface area contributed by atoms with Crippen LogP contribution in [0.5, 0.6) is 5.75 Å². The number of aryl methyl sites for hydroxylation is 1. The van der Waals surface area contributed by atoms with E-state index >= 15 is 0 Å². The van der Waals surface area contributed by atoms with Crippen LogP contribution in [-0.2, 0) is 6.61 Å². The Hall–Kier alpha value is -2.25. The van der Waals surface area contributed by atoms with Gasteiger partial charge >= 0.3 is 0 Å². The molecule has 4 aromatic rings. The number of carbonyl (C=O) groups is 1. The Morgan fingerprint density at radius 2 is 1.90 bits per heavy atom. The summed E-state index contributed by atoms with van der Waals surface area (Å²) in [6, 6.07) is 12.2. The van der Waals surface area contributed by atoms with Gasteiger partial charge in [-0.1, -0.05) is 52.2 Å². The fraction of sp³-hybridized carbons (Fsp3) is 0.100. The molecule has 29 heavy (non-hydrogen) atoms. The number of halogens is 3. The van der Waals surface area contributed by atoms with E-state index in [1.807, 2.05) is 25.1 Å². The van der Waals surface area contributed by atoms with Crippen LogP contribution in [0.25, 0.3) is 10.2 Å². The molecule has 0 unspecified atom stereocenters. The molecule has 4 rings (SSSR count). The van der Waals surface area contributed by atoms with Gasteiger partial charge in [0.25, 0.3) is 5.91 Å². The number of hydrogen-bond acceptors (Lipinski definition) is 5. The predicted molar refractivity (Wildman–Crippen MR) is 117 cm³/mol. The first-order valence-electron chi connectivity index (χ1n) is 8.43. The van der Waals surface area contributed by atoms with Gasteiger partial charge < -0.3 is 9.15 Å². The zero-order valence-electron chi connectivity index (χ0n) is 15.0. The number of nitrogens with one attached hydrogen (secondary N) is 1. The molecular weight excluding hydrogens is 455 g/mol. The topological polar surface area (TPSA) is 64.4 Å². The largest absolute Gasteiger partial charge is 0.483 e. The molecule has 0 aliphatic heterocycles. The number of carbonyl (C=O) groups excluding carboxylic acids is 1. The number of benzene rings is 2. The Kier molecular flexibility index (Phi) is 5.69. The summed E-state index contributed by atoms with van der Waals surface area (Å²) < 4.78 is 12.2. The molecule has 148 valence electrons. The number of fused-ring (bicyclic) bond motifs is 1.